The quantitative estimate of drug-likeness (QED) is 0.729. The molecule has 6 heteroatoms. The molecule has 0 aliphatic rings. The predicted molar refractivity (Wildman–Crippen MR) is 74.1 cm³/mol. The van der Waals surface area contributed by atoms with Crippen LogP contribution in [0.3, 0.4) is 0 Å². The summed E-state index contributed by atoms with van der Waals surface area (Å²) in [6, 6.07) is 10.8. The summed E-state index contributed by atoms with van der Waals surface area (Å²) in [5.41, 5.74) is 1.87. The minimum absolute atomic E-state index is 0.216. The van der Waals surface area contributed by atoms with Crippen LogP contribution in [0, 0.1) is 5.82 Å². The third-order valence-corrected chi connectivity index (χ3v) is 4.14. The Morgan fingerprint density at radius 1 is 1.15 bits per heavy atom. The van der Waals surface area contributed by atoms with Gasteiger partial charge in [-0.25, -0.2) is 17.8 Å². The third-order valence-electron chi connectivity index (χ3n) is 3.03. The second-order valence-electron chi connectivity index (χ2n) is 4.52. The van der Waals surface area contributed by atoms with Gasteiger partial charge in [-0.1, -0.05) is 6.07 Å². The number of nitrogens with zero attached hydrogens (tertiary/aromatic N) is 2. The average Bonchev–Trinajstić information content (AvgIpc) is 2.81. The van der Waals surface area contributed by atoms with E-state index >= 15 is 0 Å². The fourth-order valence-corrected chi connectivity index (χ4v) is 2.71. The summed E-state index contributed by atoms with van der Waals surface area (Å²) in [5, 5.41) is 0. The topological polar surface area (TPSA) is 52.0 Å². The molecule has 3 rings (SSSR count). The molecule has 0 spiro atoms. The third kappa shape index (κ3) is 2.18. The van der Waals surface area contributed by atoms with Gasteiger partial charge < -0.3 is 0 Å². The van der Waals surface area contributed by atoms with E-state index in [1.807, 2.05) is 0 Å². The van der Waals surface area contributed by atoms with E-state index in [9.17, 15) is 12.8 Å². The van der Waals surface area contributed by atoms with Gasteiger partial charge in [-0.05, 0) is 30.3 Å². The molecule has 0 fully saturated rings. The summed E-state index contributed by atoms with van der Waals surface area (Å²) in [7, 11) is -3.29. The normalized spacial score (nSPS) is 11.9. The van der Waals surface area contributed by atoms with E-state index in [-0.39, 0.29) is 10.7 Å². The Morgan fingerprint density at radius 2 is 1.95 bits per heavy atom. The predicted octanol–water partition coefficient (Wildman–Crippen LogP) is 2.57. The van der Waals surface area contributed by atoms with Crippen LogP contribution >= 0.6 is 0 Å². The minimum Gasteiger partial charge on any atom is -0.299 e. The maximum absolute atomic E-state index is 13.3. The van der Waals surface area contributed by atoms with Crippen LogP contribution in [0.15, 0.2) is 53.7 Å². The van der Waals surface area contributed by atoms with Crippen molar-refractivity contribution in [2.24, 2.45) is 0 Å². The van der Waals surface area contributed by atoms with Crippen LogP contribution in [0.4, 0.5) is 4.39 Å². The lowest BCUT2D eigenvalue weighted by atomic mass is 10.2. The zero-order valence-electron chi connectivity index (χ0n) is 10.6. The van der Waals surface area contributed by atoms with Crippen molar-refractivity contribution in [3.05, 3.63) is 54.6 Å². The van der Waals surface area contributed by atoms with Crippen LogP contribution in [0.25, 0.3) is 16.7 Å². The molecule has 0 N–H and O–H groups in total. The van der Waals surface area contributed by atoms with E-state index in [0.717, 1.165) is 6.26 Å². The molecular weight excluding hydrogens is 279 g/mol. The first-order chi connectivity index (χ1) is 9.45. The minimum atomic E-state index is -3.29. The van der Waals surface area contributed by atoms with Crippen LogP contribution in [-0.2, 0) is 9.84 Å². The molecule has 1 heterocycles. The molecule has 20 heavy (non-hydrogen) atoms. The van der Waals surface area contributed by atoms with Crippen molar-refractivity contribution in [3.63, 3.8) is 0 Å². The van der Waals surface area contributed by atoms with Gasteiger partial charge >= 0.3 is 0 Å². The number of rotatable bonds is 2. The number of sulfone groups is 1. The van der Waals surface area contributed by atoms with Gasteiger partial charge in [0.2, 0.25) is 0 Å². The van der Waals surface area contributed by atoms with Gasteiger partial charge in [-0.2, -0.15) is 0 Å². The summed E-state index contributed by atoms with van der Waals surface area (Å²) < 4.78 is 38.2. The summed E-state index contributed by atoms with van der Waals surface area (Å²) in [6.07, 6.45) is 2.70. The van der Waals surface area contributed by atoms with E-state index in [1.54, 1.807) is 35.2 Å². The molecule has 0 amide bonds. The van der Waals surface area contributed by atoms with E-state index in [2.05, 4.69) is 4.98 Å². The Hall–Kier alpha value is -2.21. The van der Waals surface area contributed by atoms with Crippen molar-refractivity contribution in [1.29, 1.82) is 0 Å². The molecule has 0 unspecified atom stereocenters. The Balaban J connectivity index is 2.23. The highest BCUT2D eigenvalue weighted by atomic mass is 32.2. The molecule has 0 radical (unpaired) electrons. The fourth-order valence-electron chi connectivity index (χ4n) is 2.05. The van der Waals surface area contributed by atoms with Crippen molar-refractivity contribution in [2.75, 3.05) is 6.26 Å². The lowest BCUT2D eigenvalue weighted by Crippen LogP contribution is -1.99. The number of halogens is 1. The van der Waals surface area contributed by atoms with Gasteiger partial charge in [0.05, 0.1) is 15.9 Å². The summed E-state index contributed by atoms with van der Waals surface area (Å²) >= 11 is 0. The van der Waals surface area contributed by atoms with Crippen LogP contribution in [0.2, 0.25) is 0 Å². The molecule has 1 aromatic heterocycles. The SMILES string of the molecule is CS(=O)(=O)c1cccc(-n2cnc3ccc(F)cc32)c1. The highest BCUT2D eigenvalue weighted by Crippen LogP contribution is 2.21. The largest absolute Gasteiger partial charge is 0.299 e. The highest BCUT2D eigenvalue weighted by molar-refractivity contribution is 7.90. The number of imidazole rings is 1. The maximum atomic E-state index is 13.3. The molecule has 0 saturated carbocycles. The summed E-state index contributed by atoms with van der Waals surface area (Å²) in [4.78, 5) is 4.39. The van der Waals surface area contributed by atoms with Crippen molar-refractivity contribution in [2.45, 2.75) is 4.90 Å². The van der Waals surface area contributed by atoms with Crippen molar-refractivity contribution < 1.29 is 12.8 Å². The molecule has 0 aliphatic heterocycles. The molecule has 3 aromatic rings. The average molecular weight is 290 g/mol. The lowest BCUT2D eigenvalue weighted by Gasteiger charge is -2.06. The molecule has 102 valence electrons. The first-order valence-electron chi connectivity index (χ1n) is 5.88. The molecule has 0 aliphatic carbocycles. The van der Waals surface area contributed by atoms with Gasteiger partial charge in [0.15, 0.2) is 9.84 Å². The smallest absolute Gasteiger partial charge is 0.175 e. The molecule has 2 aromatic carbocycles. The zero-order chi connectivity index (χ0) is 14.3. The second-order valence-corrected chi connectivity index (χ2v) is 6.53. The Kier molecular flexibility index (Phi) is 2.83. The van der Waals surface area contributed by atoms with Gasteiger partial charge in [-0.15, -0.1) is 0 Å². The van der Waals surface area contributed by atoms with Crippen LogP contribution in [0.1, 0.15) is 0 Å². The Bertz CT molecular complexity index is 900. The first kappa shape index (κ1) is 12.8. The summed E-state index contributed by atoms with van der Waals surface area (Å²) in [5.74, 6) is -0.362. The highest BCUT2D eigenvalue weighted by Gasteiger charge is 2.10. The summed E-state index contributed by atoms with van der Waals surface area (Å²) in [6.45, 7) is 0. The van der Waals surface area contributed by atoms with Crippen LogP contribution in [0.5, 0.6) is 0 Å². The van der Waals surface area contributed by atoms with Crippen LogP contribution < -0.4 is 0 Å². The zero-order valence-corrected chi connectivity index (χ0v) is 11.4. The number of benzene rings is 2. The van der Waals surface area contributed by atoms with Crippen molar-refractivity contribution >= 4 is 20.9 Å². The number of hydrogen-bond donors (Lipinski definition) is 0. The number of hydrogen-bond acceptors (Lipinski definition) is 3. The molecule has 0 bridgehead atoms. The number of aromatic nitrogens is 2. The maximum Gasteiger partial charge on any atom is 0.175 e. The van der Waals surface area contributed by atoms with Gasteiger partial charge in [0.25, 0.3) is 0 Å². The number of fused-ring (bicyclic) bond motifs is 1. The van der Waals surface area contributed by atoms with Gasteiger partial charge in [0, 0.05) is 18.0 Å². The molecule has 4 nitrogen and oxygen atoms in total. The standard InChI is InChI=1S/C14H11FN2O2S/c1-20(18,19)12-4-2-3-11(8-12)17-9-16-13-6-5-10(15)7-14(13)17/h2-9H,1H3. The van der Waals surface area contributed by atoms with E-state index in [0.29, 0.717) is 16.7 Å². The molecule has 0 atom stereocenters. The van der Waals surface area contributed by atoms with E-state index in [1.165, 1.54) is 18.2 Å². The van der Waals surface area contributed by atoms with E-state index < -0.39 is 9.84 Å². The van der Waals surface area contributed by atoms with Crippen molar-refractivity contribution in [1.82, 2.24) is 9.55 Å². The van der Waals surface area contributed by atoms with Gasteiger partial charge in [0.1, 0.15) is 12.1 Å². The second kappa shape index (κ2) is 4.42. The molecular formula is C14H11FN2O2S. The lowest BCUT2D eigenvalue weighted by molar-refractivity contribution is 0.601. The fraction of sp³-hybridized carbons (Fsp3) is 0.0714. The van der Waals surface area contributed by atoms with E-state index in [4.69, 9.17) is 0 Å². The Morgan fingerprint density at radius 3 is 2.70 bits per heavy atom. The van der Waals surface area contributed by atoms with Crippen LogP contribution in [-0.4, -0.2) is 24.2 Å². The Labute approximate surface area is 115 Å². The van der Waals surface area contributed by atoms with Gasteiger partial charge in [-0.3, -0.25) is 4.57 Å². The first-order valence-corrected chi connectivity index (χ1v) is 7.77. The van der Waals surface area contributed by atoms with Crippen molar-refractivity contribution in [3.8, 4) is 5.69 Å². The molecule has 0 saturated heterocycles. The monoisotopic (exact) mass is 290 g/mol.